The molecule has 2 heterocycles. The maximum absolute atomic E-state index is 12.7. The number of anilines is 1. The average Bonchev–Trinajstić information content (AvgIpc) is 2.90. The van der Waals surface area contributed by atoms with Gasteiger partial charge in [0.1, 0.15) is 0 Å². The molecule has 1 aliphatic rings. The van der Waals surface area contributed by atoms with Crippen molar-refractivity contribution >= 4 is 39.5 Å². The number of hydrogen-bond donors (Lipinski definition) is 1. The smallest absolute Gasteiger partial charge is 0.235 e. The van der Waals surface area contributed by atoms with Crippen LogP contribution in [-0.2, 0) is 23.0 Å². The van der Waals surface area contributed by atoms with E-state index in [-0.39, 0.29) is 18.2 Å². The Labute approximate surface area is 141 Å². The zero-order chi connectivity index (χ0) is 14.7. The van der Waals surface area contributed by atoms with Gasteiger partial charge in [0, 0.05) is 24.5 Å². The Morgan fingerprint density at radius 2 is 2.00 bits per heavy atom. The van der Waals surface area contributed by atoms with Gasteiger partial charge in [0.2, 0.25) is 10.0 Å². The van der Waals surface area contributed by atoms with Crippen molar-refractivity contribution in [1.29, 1.82) is 0 Å². The molecule has 0 amide bonds. The van der Waals surface area contributed by atoms with Crippen molar-refractivity contribution in [3.63, 3.8) is 0 Å². The van der Waals surface area contributed by atoms with Crippen molar-refractivity contribution in [3.8, 4) is 0 Å². The minimum atomic E-state index is -3.30. The van der Waals surface area contributed by atoms with Crippen molar-refractivity contribution < 1.29 is 8.42 Å². The molecule has 120 valence electrons. The summed E-state index contributed by atoms with van der Waals surface area (Å²) < 4.78 is 27.0. The number of hydrogen-bond acceptors (Lipinski definition) is 4. The number of thiophene rings is 1. The fourth-order valence-corrected chi connectivity index (χ4v) is 4.89. The normalized spacial score (nSPS) is 14.8. The van der Waals surface area contributed by atoms with Gasteiger partial charge in [0.15, 0.2) is 0 Å². The number of nitrogens with zero attached hydrogens (tertiary/aromatic N) is 1. The van der Waals surface area contributed by atoms with Gasteiger partial charge < -0.3 is 5.32 Å². The first kappa shape index (κ1) is 17.3. The number of rotatable bonds is 4. The summed E-state index contributed by atoms with van der Waals surface area (Å²) in [6.45, 7) is 1.88. The van der Waals surface area contributed by atoms with Gasteiger partial charge in [-0.3, -0.25) is 4.31 Å². The number of para-hydroxylation sites is 1. The second kappa shape index (κ2) is 7.46. The lowest BCUT2D eigenvalue weighted by Gasteiger charge is -2.24. The molecule has 2 aromatic rings. The molecule has 0 spiro atoms. The van der Waals surface area contributed by atoms with Crippen LogP contribution in [0.15, 0.2) is 41.8 Å². The standard InChI is InChI=1S/C15H18N2O2S2.ClH/c18-21(19,11-7-14-5-3-10-20-14)17-9-8-16-12-13-4-1-2-6-15(13)17;/h1-6,10,16H,7-9,11-12H2;1H. The maximum Gasteiger partial charge on any atom is 0.235 e. The summed E-state index contributed by atoms with van der Waals surface area (Å²) in [4.78, 5) is 1.11. The SMILES string of the molecule is Cl.O=S(=O)(CCc1cccs1)N1CCNCc2ccccc21. The van der Waals surface area contributed by atoms with Crippen LogP contribution >= 0.6 is 23.7 Å². The lowest BCUT2D eigenvalue weighted by Crippen LogP contribution is -2.36. The number of aryl methyl sites for hydroxylation is 1. The molecule has 3 rings (SSSR count). The van der Waals surface area contributed by atoms with E-state index in [4.69, 9.17) is 0 Å². The highest BCUT2D eigenvalue weighted by molar-refractivity contribution is 7.92. The topological polar surface area (TPSA) is 49.4 Å². The Morgan fingerprint density at radius 3 is 2.77 bits per heavy atom. The van der Waals surface area contributed by atoms with Crippen LogP contribution in [0.3, 0.4) is 0 Å². The molecule has 0 radical (unpaired) electrons. The summed E-state index contributed by atoms with van der Waals surface area (Å²) in [6, 6.07) is 11.7. The Morgan fingerprint density at radius 1 is 1.18 bits per heavy atom. The zero-order valence-electron chi connectivity index (χ0n) is 12.1. The molecule has 7 heteroatoms. The van der Waals surface area contributed by atoms with Gasteiger partial charge in [-0.2, -0.15) is 0 Å². The van der Waals surface area contributed by atoms with Gasteiger partial charge in [-0.15, -0.1) is 23.7 Å². The lowest BCUT2D eigenvalue weighted by molar-refractivity contribution is 0.589. The van der Waals surface area contributed by atoms with Gasteiger partial charge in [0.25, 0.3) is 0 Å². The number of halogens is 1. The van der Waals surface area contributed by atoms with Gasteiger partial charge in [0.05, 0.1) is 11.4 Å². The monoisotopic (exact) mass is 358 g/mol. The Balaban J connectivity index is 0.00000176. The molecule has 0 aliphatic carbocycles. The first-order chi connectivity index (χ1) is 10.2. The summed E-state index contributed by atoms with van der Waals surface area (Å²) in [5.41, 5.74) is 1.85. The fourth-order valence-electron chi connectivity index (χ4n) is 2.51. The van der Waals surface area contributed by atoms with Gasteiger partial charge in [-0.05, 0) is 29.5 Å². The average molecular weight is 359 g/mol. The highest BCUT2D eigenvalue weighted by Crippen LogP contribution is 2.25. The third kappa shape index (κ3) is 3.81. The van der Waals surface area contributed by atoms with E-state index < -0.39 is 10.0 Å². The third-order valence-electron chi connectivity index (χ3n) is 3.59. The molecule has 0 bridgehead atoms. The van der Waals surface area contributed by atoms with Crippen LogP contribution in [0.1, 0.15) is 10.4 Å². The number of nitrogens with one attached hydrogen (secondary N) is 1. The molecule has 0 saturated heterocycles. The summed E-state index contributed by atoms with van der Waals surface area (Å²) in [7, 11) is -3.30. The van der Waals surface area contributed by atoms with Crippen molar-refractivity contribution in [3.05, 3.63) is 52.2 Å². The fraction of sp³-hybridized carbons (Fsp3) is 0.333. The molecule has 1 aromatic carbocycles. The Kier molecular flexibility index (Phi) is 5.86. The van der Waals surface area contributed by atoms with E-state index in [1.807, 2.05) is 41.8 Å². The van der Waals surface area contributed by atoms with Crippen LogP contribution in [-0.4, -0.2) is 27.3 Å². The summed E-state index contributed by atoms with van der Waals surface area (Å²) in [5.74, 6) is 0.155. The molecule has 4 nitrogen and oxygen atoms in total. The Hall–Kier alpha value is -1.08. The van der Waals surface area contributed by atoms with E-state index in [0.717, 1.165) is 16.1 Å². The van der Waals surface area contributed by atoms with E-state index in [9.17, 15) is 8.42 Å². The van der Waals surface area contributed by atoms with E-state index in [0.29, 0.717) is 26.1 Å². The van der Waals surface area contributed by atoms with E-state index in [2.05, 4.69) is 5.32 Å². The van der Waals surface area contributed by atoms with Crippen LogP contribution in [0.5, 0.6) is 0 Å². The van der Waals surface area contributed by atoms with Crippen molar-refractivity contribution in [2.75, 3.05) is 23.1 Å². The van der Waals surface area contributed by atoms with Crippen LogP contribution in [0, 0.1) is 0 Å². The second-order valence-electron chi connectivity index (χ2n) is 5.02. The molecule has 0 fully saturated rings. The van der Waals surface area contributed by atoms with Crippen LogP contribution in [0.2, 0.25) is 0 Å². The van der Waals surface area contributed by atoms with E-state index in [1.54, 1.807) is 15.6 Å². The second-order valence-corrected chi connectivity index (χ2v) is 8.07. The van der Waals surface area contributed by atoms with Gasteiger partial charge in [-0.1, -0.05) is 24.3 Å². The molecule has 1 aliphatic heterocycles. The first-order valence-electron chi connectivity index (χ1n) is 6.98. The Bertz CT molecular complexity index is 702. The summed E-state index contributed by atoms with van der Waals surface area (Å²) in [6.07, 6.45) is 0.575. The number of fused-ring (bicyclic) bond motifs is 1. The highest BCUT2D eigenvalue weighted by atomic mass is 35.5. The van der Waals surface area contributed by atoms with Crippen molar-refractivity contribution in [1.82, 2.24) is 5.32 Å². The largest absolute Gasteiger partial charge is 0.311 e. The molecular weight excluding hydrogens is 340 g/mol. The number of benzene rings is 1. The zero-order valence-corrected chi connectivity index (χ0v) is 14.5. The molecule has 22 heavy (non-hydrogen) atoms. The van der Waals surface area contributed by atoms with Crippen molar-refractivity contribution in [2.45, 2.75) is 13.0 Å². The quantitative estimate of drug-likeness (QED) is 0.914. The molecular formula is C15H19ClN2O2S2. The molecule has 1 N–H and O–H groups in total. The summed E-state index contributed by atoms with van der Waals surface area (Å²) >= 11 is 1.60. The highest BCUT2D eigenvalue weighted by Gasteiger charge is 2.25. The van der Waals surface area contributed by atoms with E-state index in [1.165, 1.54) is 0 Å². The van der Waals surface area contributed by atoms with Crippen LogP contribution < -0.4 is 9.62 Å². The predicted molar refractivity (Wildman–Crippen MR) is 94.6 cm³/mol. The van der Waals surface area contributed by atoms with E-state index >= 15 is 0 Å². The lowest BCUT2D eigenvalue weighted by atomic mass is 10.2. The van der Waals surface area contributed by atoms with Gasteiger partial charge in [-0.25, -0.2) is 8.42 Å². The van der Waals surface area contributed by atoms with Crippen LogP contribution in [0.25, 0.3) is 0 Å². The maximum atomic E-state index is 12.7. The minimum Gasteiger partial charge on any atom is -0.311 e. The van der Waals surface area contributed by atoms with Gasteiger partial charge >= 0.3 is 0 Å². The number of sulfonamides is 1. The third-order valence-corrected chi connectivity index (χ3v) is 6.30. The molecule has 0 atom stereocenters. The molecule has 0 saturated carbocycles. The molecule has 1 aromatic heterocycles. The summed E-state index contributed by atoms with van der Waals surface area (Å²) in [5, 5.41) is 5.25. The molecule has 0 unspecified atom stereocenters. The van der Waals surface area contributed by atoms with Crippen LogP contribution in [0.4, 0.5) is 5.69 Å². The predicted octanol–water partition coefficient (Wildman–Crippen LogP) is 2.65. The van der Waals surface area contributed by atoms with Crippen molar-refractivity contribution in [2.24, 2.45) is 0 Å². The first-order valence-corrected chi connectivity index (χ1v) is 9.47. The minimum absolute atomic E-state index is 0.